The lowest BCUT2D eigenvalue weighted by Gasteiger charge is -2.05. The number of nitrogens with zero attached hydrogens (tertiary/aromatic N) is 2. The first kappa shape index (κ1) is 17.9. The van der Waals surface area contributed by atoms with E-state index in [0.29, 0.717) is 10.8 Å². The lowest BCUT2D eigenvalue weighted by Crippen LogP contribution is -2.23. The molecule has 0 aliphatic heterocycles. The van der Waals surface area contributed by atoms with E-state index in [1.165, 1.54) is 0 Å². The Hall–Kier alpha value is -1.87. The van der Waals surface area contributed by atoms with Crippen LogP contribution in [0, 0.1) is 0 Å². The van der Waals surface area contributed by atoms with Gasteiger partial charge in [0, 0.05) is 15.5 Å². The fraction of sp³-hybridized carbons (Fsp3) is 0.125. The Bertz CT molecular complexity index is 955. The second-order valence-corrected chi connectivity index (χ2v) is 8.10. The Balaban J connectivity index is 1.69. The molecule has 1 N–H and O–H groups in total. The lowest BCUT2D eigenvalue weighted by atomic mass is 10.2. The van der Waals surface area contributed by atoms with Crippen LogP contribution in [-0.4, -0.2) is 24.8 Å². The number of sulfonamides is 1. The summed E-state index contributed by atoms with van der Waals surface area (Å²) in [7, 11) is -3.65. The van der Waals surface area contributed by atoms with Gasteiger partial charge in [0.1, 0.15) is 0 Å². The first-order chi connectivity index (χ1) is 12.0. The first-order valence-corrected chi connectivity index (χ1v) is 10.3. The van der Waals surface area contributed by atoms with E-state index in [1.54, 1.807) is 60.3 Å². The molecule has 1 heterocycles. The maximum atomic E-state index is 12.3. The fourth-order valence-corrected chi connectivity index (χ4v) is 3.55. The number of hydrogen-bond acceptors (Lipinski definition) is 6. The summed E-state index contributed by atoms with van der Waals surface area (Å²) < 4.78 is 32.1. The molecule has 0 fully saturated rings. The Morgan fingerprint density at radius 2 is 1.80 bits per heavy atom. The van der Waals surface area contributed by atoms with Crippen LogP contribution in [0.15, 0.2) is 62.8 Å². The van der Waals surface area contributed by atoms with Gasteiger partial charge in [0.25, 0.3) is 0 Å². The van der Waals surface area contributed by atoms with Crippen molar-refractivity contribution in [1.82, 2.24) is 14.9 Å². The van der Waals surface area contributed by atoms with Crippen LogP contribution in [0.2, 0.25) is 5.02 Å². The third kappa shape index (κ3) is 4.40. The van der Waals surface area contributed by atoms with Crippen molar-refractivity contribution in [2.75, 3.05) is 6.26 Å². The van der Waals surface area contributed by atoms with Gasteiger partial charge in [0.05, 0.1) is 11.4 Å². The van der Waals surface area contributed by atoms with E-state index in [1.807, 2.05) is 6.26 Å². The third-order valence-corrected chi connectivity index (χ3v) is 5.77. The van der Waals surface area contributed by atoms with Crippen LogP contribution in [0.25, 0.3) is 11.4 Å². The summed E-state index contributed by atoms with van der Waals surface area (Å²) in [5.74, 6) is 0.546. The van der Waals surface area contributed by atoms with Gasteiger partial charge in [0.15, 0.2) is 0 Å². The molecule has 0 aliphatic rings. The summed E-state index contributed by atoms with van der Waals surface area (Å²) in [5.41, 5.74) is 0.731. The molecule has 130 valence electrons. The van der Waals surface area contributed by atoms with Crippen molar-refractivity contribution in [3.63, 3.8) is 0 Å². The molecule has 0 unspecified atom stereocenters. The molecule has 6 nitrogen and oxygen atoms in total. The molecule has 0 saturated carbocycles. The SMILES string of the molecule is CSc1ccc(S(=O)(=O)NCc2nc(-c3ccc(Cl)cc3)no2)cc1. The van der Waals surface area contributed by atoms with Crippen molar-refractivity contribution < 1.29 is 12.9 Å². The number of nitrogens with one attached hydrogen (secondary N) is 1. The fourth-order valence-electron chi connectivity index (χ4n) is 2.04. The van der Waals surface area contributed by atoms with Gasteiger partial charge in [-0.3, -0.25) is 0 Å². The van der Waals surface area contributed by atoms with Crippen molar-refractivity contribution in [1.29, 1.82) is 0 Å². The molecule has 0 amide bonds. The zero-order chi connectivity index (χ0) is 17.9. The minimum Gasteiger partial charge on any atom is -0.338 e. The maximum absolute atomic E-state index is 12.3. The van der Waals surface area contributed by atoms with Gasteiger partial charge in [-0.15, -0.1) is 11.8 Å². The highest BCUT2D eigenvalue weighted by molar-refractivity contribution is 7.98. The van der Waals surface area contributed by atoms with E-state index in [-0.39, 0.29) is 17.3 Å². The Labute approximate surface area is 154 Å². The molecule has 1 aromatic heterocycles. The smallest absolute Gasteiger partial charge is 0.242 e. The third-order valence-electron chi connectivity index (χ3n) is 3.35. The number of benzene rings is 2. The molecular formula is C16H14ClN3O3S2. The molecule has 0 spiro atoms. The monoisotopic (exact) mass is 395 g/mol. The number of hydrogen-bond donors (Lipinski definition) is 1. The number of aromatic nitrogens is 2. The van der Waals surface area contributed by atoms with Gasteiger partial charge in [-0.05, 0) is 54.8 Å². The van der Waals surface area contributed by atoms with Crippen LogP contribution >= 0.6 is 23.4 Å². The van der Waals surface area contributed by atoms with E-state index in [0.717, 1.165) is 10.5 Å². The van der Waals surface area contributed by atoms with Crippen LogP contribution in [0.4, 0.5) is 0 Å². The van der Waals surface area contributed by atoms with Crippen molar-refractivity contribution in [2.45, 2.75) is 16.3 Å². The highest BCUT2D eigenvalue weighted by atomic mass is 35.5. The minimum absolute atomic E-state index is 0.0901. The van der Waals surface area contributed by atoms with E-state index >= 15 is 0 Å². The standard InChI is InChI=1S/C16H14ClN3O3S2/c1-24-13-6-8-14(9-7-13)25(21,22)18-10-15-19-16(20-23-15)11-2-4-12(17)5-3-11/h2-9,18H,10H2,1H3. The van der Waals surface area contributed by atoms with Crippen LogP contribution < -0.4 is 4.72 Å². The summed E-state index contributed by atoms with van der Waals surface area (Å²) in [5, 5.41) is 4.45. The topological polar surface area (TPSA) is 85.1 Å². The minimum atomic E-state index is -3.65. The number of halogens is 1. The molecule has 3 rings (SSSR count). The van der Waals surface area contributed by atoms with Crippen LogP contribution in [0.5, 0.6) is 0 Å². The van der Waals surface area contributed by atoms with E-state index < -0.39 is 10.0 Å². The quantitative estimate of drug-likeness (QED) is 0.642. The molecular weight excluding hydrogens is 382 g/mol. The van der Waals surface area contributed by atoms with Crippen LogP contribution in [-0.2, 0) is 16.6 Å². The molecule has 9 heteroatoms. The number of thioether (sulfide) groups is 1. The van der Waals surface area contributed by atoms with E-state index in [4.69, 9.17) is 16.1 Å². The van der Waals surface area contributed by atoms with Crippen molar-refractivity contribution >= 4 is 33.4 Å². The van der Waals surface area contributed by atoms with Gasteiger partial charge in [0.2, 0.25) is 21.7 Å². The van der Waals surface area contributed by atoms with Crippen molar-refractivity contribution in [2.24, 2.45) is 0 Å². The van der Waals surface area contributed by atoms with E-state index in [2.05, 4.69) is 14.9 Å². The predicted molar refractivity (Wildman–Crippen MR) is 97.0 cm³/mol. The molecule has 0 saturated heterocycles. The second-order valence-electron chi connectivity index (χ2n) is 5.02. The summed E-state index contributed by atoms with van der Waals surface area (Å²) in [6, 6.07) is 13.6. The van der Waals surface area contributed by atoms with Crippen LogP contribution in [0.3, 0.4) is 0 Å². The summed E-state index contributed by atoms with van der Waals surface area (Å²) >= 11 is 7.38. The normalized spacial score (nSPS) is 11.6. The van der Waals surface area contributed by atoms with Gasteiger partial charge in [-0.25, -0.2) is 13.1 Å². The predicted octanol–water partition coefficient (Wildman–Crippen LogP) is 3.59. The summed E-state index contributed by atoms with van der Waals surface area (Å²) in [6.07, 6.45) is 1.93. The van der Waals surface area contributed by atoms with Gasteiger partial charge >= 0.3 is 0 Å². The molecule has 2 aromatic carbocycles. The van der Waals surface area contributed by atoms with Gasteiger partial charge in [-0.2, -0.15) is 4.98 Å². The lowest BCUT2D eigenvalue weighted by molar-refractivity contribution is 0.376. The van der Waals surface area contributed by atoms with Crippen LogP contribution in [0.1, 0.15) is 5.89 Å². The molecule has 0 bridgehead atoms. The number of rotatable bonds is 6. The Kier molecular flexibility index (Phi) is 5.43. The molecule has 0 atom stereocenters. The maximum Gasteiger partial charge on any atom is 0.242 e. The zero-order valence-electron chi connectivity index (χ0n) is 13.1. The molecule has 0 radical (unpaired) electrons. The molecule has 3 aromatic rings. The van der Waals surface area contributed by atoms with Crippen molar-refractivity contribution in [3.05, 3.63) is 59.4 Å². The highest BCUT2D eigenvalue weighted by Crippen LogP contribution is 2.20. The average molecular weight is 396 g/mol. The average Bonchev–Trinajstić information content (AvgIpc) is 3.10. The zero-order valence-corrected chi connectivity index (χ0v) is 15.5. The van der Waals surface area contributed by atoms with E-state index in [9.17, 15) is 8.42 Å². The Morgan fingerprint density at radius 3 is 2.44 bits per heavy atom. The molecule has 25 heavy (non-hydrogen) atoms. The second kappa shape index (κ2) is 7.57. The summed E-state index contributed by atoms with van der Waals surface area (Å²) in [6.45, 7) is -0.0901. The van der Waals surface area contributed by atoms with Gasteiger partial charge in [-0.1, -0.05) is 16.8 Å². The Morgan fingerprint density at radius 1 is 1.12 bits per heavy atom. The highest BCUT2D eigenvalue weighted by Gasteiger charge is 2.16. The largest absolute Gasteiger partial charge is 0.338 e. The van der Waals surface area contributed by atoms with Crippen molar-refractivity contribution in [3.8, 4) is 11.4 Å². The van der Waals surface area contributed by atoms with Gasteiger partial charge < -0.3 is 4.52 Å². The summed E-state index contributed by atoms with van der Waals surface area (Å²) in [4.78, 5) is 5.36. The first-order valence-electron chi connectivity index (χ1n) is 7.20. The molecule has 0 aliphatic carbocycles.